The minimum atomic E-state index is -0.385. The fourth-order valence-corrected chi connectivity index (χ4v) is 3.99. The topological polar surface area (TPSA) is 90.3 Å². The lowest BCUT2D eigenvalue weighted by molar-refractivity contribution is -0.115. The molecule has 4 rings (SSSR count). The summed E-state index contributed by atoms with van der Waals surface area (Å²) in [5, 5.41) is 1.86. The van der Waals surface area contributed by atoms with Crippen LogP contribution in [0.15, 0.2) is 70.4 Å². The molecule has 7 nitrogen and oxygen atoms in total. The number of benzene rings is 2. The molecule has 0 radical (unpaired) electrons. The fraction of sp³-hybridized carbons (Fsp3) is 0.167. The summed E-state index contributed by atoms with van der Waals surface area (Å²) in [6.45, 7) is 2.67. The number of hydrogen-bond acceptors (Lipinski definition) is 6. The van der Waals surface area contributed by atoms with Gasteiger partial charge in [0.2, 0.25) is 0 Å². The van der Waals surface area contributed by atoms with Crippen molar-refractivity contribution in [1.29, 1.82) is 0 Å². The van der Waals surface area contributed by atoms with E-state index in [9.17, 15) is 14.4 Å². The second-order valence-corrected chi connectivity index (χ2v) is 8.05. The number of carbonyl (C=O) groups is 2. The Hall–Kier alpha value is -3.65. The maximum Gasteiger partial charge on any atom is 0.290 e. The van der Waals surface area contributed by atoms with Gasteiger partial charge in [-0.1, -0.05) is 49.4 Å². The molecule has 0 bridgehead atoms. The molecule has 1 aliphatic rings. The van der Waals surface area contributed by atoms with Gasteiger partial charge in [0, 0.05) is 18.1 Å². The van der Waals surface area contributed by atoms with Crippen LogP contribution >= 0.6 is 11.8 Å². The zero-order valence-electron chi connectivity index (χ0n) is 17.4. The van der Waals surface area contributed by atoms with Gasteiger partial charge in [-0.3, -0.25) is 24.3 Å². The van der Waals surface area contributed by atoms with Crippen molar-refractivity contribution in [3.8, 4) is 17.0 Å². The molecule has 1 saturated heterocycles. The van der Waals surface area contributed by atoms with E-state index < -0.39 is 0 Å². The van der Waals surface area contributed by atoms with Crippen molar-refractivity contribution in [2.45, 2.75) is 19.9 Å². The molecule has 0 atom stereocenters. The highest BCUT2D eigenvalue weighted by Crippen LogP contribution is 2.26. The largest absolute Gasteiger partial charge is 0.492 e. The molecule has 0 saturated carbocycles. The van der Waals surface area contributed by atoms with Gasteiger partial charge in [-0.05, 0) is 35.5 Å². The van der Waals surface area contributed by atoms with Gasteiger partial charge >= 0.3 is 0 Å². The van der Waals surface area contributed by atoms with E-state index in [1.165, 1.54) is 0 Å². The molecule has 0 aliphatic carbocycles. The first kappa shape index (κ1) is 21.6. The number of carbonyl (C=O) groups excluding carboxylic acids is 2. The number of rotatable bonds is 7. The third-order valence-corrected chi connectivity index (χ3v) is 5.69. The average Bonchev–Trinajstić information content (AvgIpc) is 3.12. The van der Waals surface area contributed by atoms with Crippen LogP contribution in [0.1, 0.15) is 18.3 Å². The molecule has 2 amide bonds. The Morgan fingerprint density at radius 3 is 2.47 bits per heavy atom. The molecule has 32 heavy (non-hydrogen) atoms. The van der Waals surface area contributed by atoms with E-state index in [4.69, 9.17) is 4.74 Å². The Kier molecular flexibility index (Phi) is 6.51. The number of thioether (sulfide) groups is 1. The molecule has 1 fully saturated rings. The standard InChI is InChI=1S/C24H21N3O4S/c1-2-21-25-19(17-6-4-3-5-7-17)15-22(28)27(21)12-13-31-18-10-8-16(9-11-18)14-20-23(29)26-24(30)32-20/h3-11,14-15H,2,12-13H2,1H3,(H,26,29,30). The highest BCUT2D eigenvalue weighted by molar-refractivity contribution is 8.18. The molecule has 1 aromatic heterocycles. The molecular weight excluding hydrogens is 426 g/mol. The smallest absolute Gasteiger partial charge is 0.290 e. The normalized spacial score (nSPS) is 14.6. The van der Waals surface area contributed by atoms with Crippen molar-refractivity contribution in [1.82, 2.24) is 14.9 Å². The van der Waals surface area contributed by atoms with Crippen molar-refractivity contribution in [2.75, 3.05) is 6.61 Å². The lowest BCUT2D eigenvalue weighted by atomic mass is 10.1. The molecule has 2 aromatic carbocycles. The Balaban J connectivity index is 1.41. The average molecular weight is 448 g/mol. The Morgan fingerprint density at radius 2 is 1.81 bits per heavy atom. The van der Waals surface area contributed by atoms with Crippen molar-refractivity contribution in [3.63, 3.8) is 0 Å². The first-order valence-corrected chi connectivity index (χ1v) is 11.0. The number of imide groups is 1. The number of aryl methyl sites for hydroxylation is 1. The number of hydrogen-bond donors (Lipinski definition) is 1. The SMILES string of the molecule is CCc1nc(-c2ccccc2)cc(=O)n1CCOc1ccc(C=C2SC(=O)NC2=O)cc1. The highest BCUT2D eigenvalue weighted by Gasteiger charge is 2.24. The summed E-state index contributed by atoms with van der Waals surface area (Å²) >= 11 is 0.880. The third-order valence-electron chi connectivity index (χ3n) is 4.88. The Bertz CT molecular complexity index is 1230. The number of aromatic nitrogens is 2. The fourth-order valence-electron chi connectivity index (χ4n) is 3.31. The second kappa shape index (κ2) is 9.65. The van der Waals surface area contributed by atoms with Crippen LogP contribution in [0.4, 0.5) is 4.79 Å². The van der Waals surface area contributed by atoms with Crippen LogP contribution in [0.25, 0.3) is 17.3 Å². The van der Waals surface area contributed by atoms with Gasteiger partial charge in [0.05, 0.1) is 17.1 Å². The first-order valence-electron chi connectivity index (χ1n) is 10.2. The molecule has 8 heteroatoms. The lowest BCUT2D eigenvalue weighted by Gasteiger charge is -2.13. The van der Waals surface area contributed by atoms with Gasteiger partial charge in [-0.15, -0.1) is 0 Å². The summed E-state index contributed by atoms with van der Waals surface area (Å²) in [4.78, 5) is 40.6. The van der Waals surface area contributed by atoms with Crippen LogP contribution in [0, 0.1) is 0 Å². The molecule has 162 valence electrons. The molecule has 0 spiro atoms. The van der Waals surface area contributed by atoms with E-state index in [-0.39, 0.29) is 16.7 Å². The van der Waals surface area contributed by atoms with Crippen molar-refractivity contribution < 1.29 is 14.3 Å². The van der Waals surface area contributed by atoms with Crippen LogP contribution in [0.5, 0.6) is 5.75 Å². The van der Waals surface area contributed by atoms with Crippen LogP contribution in [0.2, 0.25) is 0 Å². The minimum Gasteiger partial charge on any atom is -0.492 e. The van der Waals surface area contributed by atoms with E-state index in [1.54, 1.807) is 41.0 Å². The van der Waals surface area contributed by atoms with Gasteiger partial charge in [0.25, 0.3) is 16.7 Å². The predicted octanol–water partition coefficient (Wildman–Crippen LogP) is 3.88. The van der Waals surface area contributed by atoms with Crippen LogP contribution < -0.4 is 15.6 Å². The van der Waals surface area contributed by atoms with Crippen molar-refractivity contribution in [2.24, 2.45) is 0 Å². The summed E-state index contributed by atoms with van der Waals surface area (Å²) < 4.78 is 7.43. The van der Waals surface area contributed by atoms with Gasteiger partial charge in [-0.25, -0.2) is 4.98 Å². The minimum absolute atomic E-state index is 0.108. The highest BCUT2D eigenvalue weighted by atomic mass is 32.2. The third kappa shape index (κ3) is 4.97. The van der Waals surface area contributed by atoms with E-state index in [1.807, 2.05) is 37.3 Å². The molecule has 0 unspecified atom stereocenters. The van der Waals surface area contributed by atoms with Crippen LogP contribution in [-0.4, -0.2) is 27.3 Å². The maximum absolute atomic E-state index is 12.7. The summed E-state index contributed by atoms with van der Waals surface area (Å²) in [6.07, 6.45) is 2.29. The molecule has 1 aliphatic heterocycles. The van der Waals surface area contributed by atoms with E-state index in [0.29, 0.717) is 41.7 Å². The maximum atomic E-state index is 12.7. The lowest BCUT2D eigenvalue weighted by Crippen LogP contribution is -2.27. The zero-order valence-corrected chi connectivity index (χ0v) is 18.2. The monoisotopic (exact) mass is 447 g/mol. The zero-order chi connectivity index (χ0) is 22.5. The van der Waals surface area contributed by atoms with E-state index >= 15 is 0 Å². The summed E-state index contributed by atoms with van der Waals surface area (Å²) in [7, 11) is 0. The van der Waals surface area contributed by atoms with Crippen molar-refractivity contribution >= 4 is 29.0 Å². The molecular formula is C24H21N3O4S. The Morgan fingerprint density at radius 1 is 1.06 bits per heavy atom. The van der Waals surface area contributed by atoms with Gasteiger partial charge in [0.15, 0.2) is 0 Å². The van der Waals surface area contributed by atoms with Gasteiger partial charge < -0.3 is 4.74 Å². The number of nitrogens with zero attached hydrogens (tertiary/aromatic N) is 2. The molecule has 3 aromatic rings. The first-order chi connectivity index (χ1) is 15.5. The quantitative estimate of drug-likeness (QED) is 0.553. The summed E-state index contributed by atoms with van der Waals surface area (Å²) in [5.41, 5.74) is 2.26. The van der Waals surface area contributed by atoms with Crippen LogP contribution in [-0.2, 0) is 17.8 Å². The molecule has 1 N–H and O–H groups in total. The Labute approximate surface area is 189 Å². The van der Waals surface area contributed by atoms with Crippen LogP contribution in [0.3, 0.4) is 0 Å². The van der Waals surface area contributed by atoms with E-state index in [0.717, 1.165) is 22.9 Å². The summed E-state index contributed by atoms with van der Waals surface area (Å²) in [6, 6.07) is 18.4. The number of nitrogens with one attached hydrogen (secondary N) is 1. The number of ether oxygens (including phenoxy) is 1. The van der Waals surface area contributed by atoms with Gasteiger partial charge in [-0.2, -0.15) is 0 Å². The predicted molar refractivity (Wildman–Crippen MR) is 124 cm³/mol. The van der Waals surface area contributed by atoms with Gasteiger partial charge in [0.1, 0.15) is 18.2 Å². The van der Waals surface area contributed by atoms with Crippen molar-refractivity contribution in [3.05, 3.63) is 87.3 Å². The number of amides is 2. The van der Waals surface area contributed by atoms with E-state index in [2.05, 4.69) is 10.3 Å². The second-order valence-electron chi connectivity index (χ2n) is 7.04. The molecule has 2 heterocycles. The summed E-state index contributed by atoms with van der Waals surface area (Å²) in [5.74, 6) is 0.972.